The van der Waals surface area contributed by atoms with Crippen LogP contribution in [0, 0.1) is 5.82 Å². The Bertz CT molecular complexity index is 906. The highest BCUT2D eigenvalue weighted by Gasteiger charge is 2.33. The second kappa shape index (κ2) is 6.11. The van der Waals surface area contributed by atoms with Crippen LogP contribution in [0.5, 0.6) is 0 Å². The molecule has 1 aliphatic carbocycles. The molecule has 0 spiro atoms. The Morgan fingerprint density at radius 2 is 2.28 bits per heavy atom. The van der Waals surface area contributed by atoms with E-state index in [2.05, 4.69) is 10.1 Å². The van der Waals surface area contributed by atoms with Crippen molar-refractivity contribution in [2.45, 2.75) is 31.3 Å². The molecular formula is C17H20FN5O2. The van der Waals surface area contributed by atoms with E-state index < -0.39 is 5.82 Å². The number of nitrogens with two attached hydrogens (primary N) is 1. The highest BCUT2D eigenvalue weighted by molar-refractivity contribution is 5.92. The Morgan fingerprint density at radius 3 is 2.96 bits per heavy atom. The normalized spacial score (nSPS) is 22.1. The molecule has 2 aliphatic rings. The number of anilines is 1. The zero-order valence-corrected chi connectivity index (χ0v) is 14.0. The van der Waals surface area contributed by atoms with Crippen LogP contribution in [0.25, 0.3) is 11.0 Å². The number of oxime groups is 1. The Hall–Kier alpha value is -2.48. The smallest absolute Gasteiger partial charge is 0.191 e. The predicted octanol–water partition coefficient (Wildman–Crippen LogP) is 1.41. The summed E-state index contributed by atoms with van der Waals surface area (Å²) in [6, 6.07) is 3.00. The molecule has 1 atom stereocenters. The first-order valence-corrected chi connectivity index (χ1v) is 8.39. The molecule has 0 bridgehead atoms. The van der Waals surface area contributed by atoms with Gasteiger partial charge in [0, 0.05) is 37.3 Å². The van der Waals surface area contributed by atoms with E-state index in [9.17, 15) is 9.18 Å². The van der Waals surface area contributed by atoms with Gasteiger partial charge in [0.25, 0.3) is 0 Å². The molecule has 3 heterocycles. The van der Waals surface area contributed by atoms with Gasteiger partial charge in [-0.15, -0.1) is 0 Å². The van der Waals surface area contributed by atoms with Gasteiger partial charge in [-0.05, 0) is 18.9 Å². The summed E-state index contributed by atoms with van der Waals surface area (Å²) in [5.74, 6) is -0.306. The van der Waals surface area contributed by atoms with Crippen molar-refractivity contribution in [2.24, 2.45) is 10.9 Å². The van der Waals surface area contributed by atoms with Crippen LogP contribution >= 0.6 is 0 Å². The highest BCUT2D eigenvalue weighted by Crippen LogP contribution is 2.37. The molecular weight excluding hydrogens is 325 g/mol. The van der Waals surface area contributed by atoms with Gasteiger partial charge in [0.2, 0.25) is 0 Å². The van der Waals surface area contributed by atoms with Crippen molar-refractivity contribution in [3.8, 4) is 0 Å². The van der Waals surface area contributed by atoms with Crippen molar-refractivity contribution in [2.75, 3.05) is 25.1 Å². The minimum Gasteiger partial charge on any atom is -0.399 e. The van der Waals surface area contributed by atoms with Crippen molar-refractivity contribution < 1.29 is 9.23 Å². The van der Waals surface area contributed by atoms with Gasteiger partial charge in [0.1, 0.15) is 12.8 Å². The monoisotopic (exact) mass is 345 g/mol. The first-order chi connectivity index (χ1) is 12.1. The second-order valence-corrected chi connectivity index (χ2v) is 6.55. The van der Waals surface area contributed by atoms with Gasteiger partial charge in [-0.2, -0.15) is 0 Å². The van der Waals surface area contributed by atoms with Gasteiger partial charge in [-0.25, -0.2) is 9.37 Å². The molecule has 1 unspecified atom stereocenters. The lowest BCUT2D eigenvalue weighted by atomic mass is 10.2. The summed E-state index contributed by atoms with van der Waals surface area (Å²) < 4.78 is 16.7. The van der Waals surface area contributed by atoms with E-state index in [0.29, 0.717) is 36.6 Å². The maximum absolute atomic E-state index is 14.8. The molecule has 7 nitrogen and oxygen atoms in total. The molecule has 1 saturated carbocycles. The van der Waals surface area contributed by atoms with E-state index in [1.165, 1.54) is 19.2 Å². The van der Waals surface area contributed by atoms with Crippen LogP contribution in [-0.2, 0) is 4.84 Å². The third-order valence-electron chi connectivity index (χ3n) is 4.80. The minimum atomic E-state index is -0.518. The van der Waals surface area contributed by atoms with Crippen LogP contribution in [-0.4, -0.2) is 41.5 Å². The van der Waals surface area contributed by atoms with Gasteiger partial charge in [-0.3, -0.25) is 4.79 Å². The van der Waals surface area contributed by atoms with E-state index in [4.69, 9.17) is 10.6 Å². The fraction of sp³-hybridized carbons (Fsp3) is 0.471. The third kappa shape index (κ3) is 2.76. The zero-order chi connectivity index (χ0) is 17.6. The van der Waals surface area contributed by atoms with Crippen LogP contribution in [0.2, 0.25) is 0 Å². The first-order valence-electron chi connectivity index (χ1n) is 8.39. The Balaban J connectivity index is 1.84. The van der Waals surface area contributed by atoms with E-state index in [1.807, 2.05) is 4.57 Å². The number of fused-ring (bicyclic) bond motifs is 1. The number of halogens is 1. The molecule has 0 radical (unpaired) electrons. The fourth-order valence-corrected chi connectivity index (χ4v) is 3.43. The van der Waals surface area contributed by atoms with Crippen molar-refractivity contribution in [3.05, 3.63) is 34.4 Å². The number of aromatic nitrogens is 2. The number of nitrogens with zero attached hydrogens (tertiary/aromatic N) is 4. The second-order valence-electron chi connectivity index (χ2n) is 6.55. The number of rotatable bonds is 4. The van der Waals surface area contributed by atoms with Crippen LogP contribution < -0.4 is 16.1 Å². The molecule has 2 N–H and O–H groups in total. The lowest BCUT2D eigenvalue weighted by Gasteiger charge is -2.24. The maximum atomic E-state index is 14.8. The molecule has 2 aromatic rings. The largest absolute Gasteiger partial charge is 0.399 e. The molecule has 0 aromatic carbocycles. The van der Waals surface area contributed by atoms with Crippen molar-refractivity contribution in [1.82, 2.24) is 9.55 Å². The molecule has 132 valence electrons. The third-order valence-corrected chi connectivity index (χ3v) is 4.80. The molecule has 2 fully saturated rings. The van der Waals surface area contributed by atoms with Crippen molar-refractivity contribution in [1.29, 1.82) is 0 Å². The fourth-order valence-electron chi connectivity index (χ4n) is 3.43. The maximum Gasteiger partial charge on any atom is 0.191 e. The Kier molecular flexibility index (Phi) is 3.91. The SMILES string of the molecule is CON=C1CC(CN)N(c2nc3c(cc2F)c(=O)ccn3C2CC2)C1. The summed E-state index contributed by atoms with van der Waals surface area (Å²) in [4.78, 5) is 23.3. The minimum absolute atomic E-state index is 0.0989. The van der Waals surface area contributed by atoms with Crippen molar-refractivity contribution in [3.63, 3.8) is 0 Å². The predicted molar refractivity (Wildman–Crippen MR) is 93.5 cm³/mol. The van der Waals surface area contributed by atoms with E-state index >= 15 is 0 Å². The number of hydrogen-bond donors (Lipinski definition) is 1. The van der Waals surface area contributed by atoms with Crippen LogP contribution in [0.15, 0.2) is 28.3 Å². The molecule has 0 amide bonds. The average Bonchev–Trinajstić information content (AvgIpc) is 3.36. The molecule has 1 aliphatic heterocycles. The van der Waals surface area contributed by atoms with Crippen molar-refractivity contribution >= 4 is 22.6 Å². The van der Waals surface area contributed by atoms with Crippen LogP contribution in [0.4, 0.5) is 10.2 Å². The topological polar surface area (TPSA) is 85.7 Å². The molecule has 1 saturated heterocycles. The van der Waals surface area contributed by atoms with Crippen LogP contribution in [0.1, 0.15) is 25.3 Å². The Labute approximate surface area is 143 Å². The summed E-state index contributed by atoms with van der Waals surface area (Å²) in [5.41, 5.74) is 6.96. The lowest BCUT2D eigenvalue weighted by Crippen LogP contribution is -2.36. The quantitative estimate of drug-likeness (QED) is 0.847. The summed E-state index contributed by atoms with van der Waals surface area (Å²) in [7, 11) is 1.48. The van der Waals surface area contributed by atoms with E-state index in [-0.39, 0.29) is 17.3 Å². The van der Waals surface area contributed by atoms with Crippen LogP contribution in [0.3, 0.4) is 0 Å². The van der Waals surface area contributed by atoms with Gasteiger partial charge < -0.3 is 20.0 Å². The zero-order valence-electron chi connectivity index (χ0n) is 14.0. The molecule has 4 rings (SSSR count). The number of hydrogen-bond acceptors (Lipinski definition) is 6. The van der Waals surface area contributed by atoms with E-state index in [0.717, 1.165) is 18.6 Å². The first kappa shape index (κ1) is 16.0. The van der Waals surface area contributed by atoms with Gasteiger partial charge in [-0.1, -0.05) is 5.16 Å². The summed E-state index contributed by atoms with van der Waals surface area (Å²) >= 11 is 0. The summed E-state index contributed by atoms with van der Waals surface area (Å²) in [6.45, 7) is 0.762. The average molecular weight is 345 g/mol. The molecule has 8 heteroatoms. The van der Waals surface area contributed by atoms with Gasteiger partial charge >= 0.3 is 0 Å². The van der Waals surface area contributed by atoms with Gasteiger partial charge in [0.15, 0.2) is 17.1 Å². The van der Waals surface area contributed by atoms with E-state index in [1.54, 1.807) is 11.1 Å². The summed E-state index contributed by atoms with van der Waals surface area (Å²) in [6.07, 6.45) is 4.45. The summed E-state index contributed by atoms with van der Waals surface area (Å²) in [5, 5.41) is 4.28. The molecule has 2 aromatic heterocycles. The number of pyridine rings is 2. The van der Waals surface area contributed by atoms with Gasteiger partial charge in [0.05, 0.1) is 17.6 Å². The standard InChI is InChI=1S/C17H20FN5O2/c1-25-21-10-6-12(8-19)23(9-10)17-14(18)7-13-15(24)4-5-22(11-2-3-11)16(13)20-17/h4-5,7,11-12H,2-3,6,8-9,19H2,1H3. The Morgan fingerprint density at radius 1 is 1.48 bits per heavy atom. The molecule has 25 heavy (non-hydrogen) atoms. The lowest BCUT2D eigenvalue weighted by molar-refractivity contribution is 0.212. The highest BCUT2D eigenvalue weighted by atomic mass is 19.1.